The second-order valence-corrected chi connectivity index (χ2v) is 9.13. The minimum atomic E-state index is -3.61. The van der Waals surface area contributed by atoms with Crippen LogP contribution in [0.4, 0.5) is 0 Å². The van der Waals surface area contributed by atoms with Gasteiger partial charge in [0, 0.05) is 18.7 Å². The zero-order valence-electron chi connectivity index (χ0n) is 15.7. The van der Waals surface area contributed by atoms with E-state index in [1.165, 1.54) is 16.4 Å². The fraction of sp³-hybridized carbons (Fsp3) is 0.0909. The monoisotopic (exact) mass is 419 g/mol. The van der Waals surface area contributed by atoms with Crippen molar-refractivity contribution in [2.24, 2.45) is 0 Å². The van der Waals surface area contributed by atoms with E-state index in [1.807, 2.05) is 24.3 Å². The zero-order valence-corrected chi connectivity index (χ0v) is 16.6. The minimum absolute atomic E-state index is 0.161. The molecule has 8 heteroatoms. The molecule has 30 heavy (non-hydrogen) atoms. The minimum Gasteiger partial charge on any atom is -0.478 e. The average Bonchev–Trinajstić information content (AvgIpc) is 3.37. The fourth-order valence-corrected chi connectivity index (χ4v) is 5.08. The van der Waals surface area contributed by atoms with Crippen molar-refractivity contribution in [3.8, 4) is 11.4 Å². The van der Waals surface area contributed by atoms with Crippen LogP contribution >= 0.6 is 0 Å². The van der Waals surface area contributed by atoms with Gasteiger partial charge in [-0.2, -0.15) is 4.31 Å². The van der Waals surface area contributed by atoms with Crippen molar-refractivity contribution in [1.29, 1.82) is 0 Å². The number of rotatable bonds is 4. The molecule has 0 saturated carbocycles. The Labute approximate surface area is 172 Å². The van der Waals surface area contributed by atoms with E-state index in [0.717, 1.165) is 11.1 Å². The van der Waals surface area contributed by atoms with Crippen molar-refractivity contribution in [2.45, 2.75) is 18.0 Å². The van der Waals surface area contributed by atoms with Gasteiger partial charge in [-0.05, 0) is 53.6 Å². The van der Waals surface area contributed by atoms with E-state index in [1.54, 1.807) is 30.3 Å². The lowest BCUT2D eigenvalue weighted by Crippen LogP contribution is -2.25. The average molecular weight is 419 g/mol. The van der Waals surface area contributed by atoms with Gasteiger partial charge in [0.1, 0.15) is 5.82 Å². The van der Waals surface area contributed by atoms with Crippen molar-refractivity contribution in [3.05, 3.63) is 83.4 Å². The normalized spacial score (nSPS) is 14.1. The molecule has 1 aliphatic heterocycles. The summed E-state index contributed by atoms with van der Waals surface area (Å²) in [4.78, 5) is 18.9. The molecule has 150 valence electrons. The molecular weight excluding hydrogens is 402 g/mol. The van der Waals surface area contributed by atoms with Crippen LogP contribution in [0.5, 0.6) is 0 Å². The molecule has 0 unspecified atom stereocenters. The molecular formula is C22H17N3O4S. The fourth-order valence-electron chi connectivity index (χ4n) is 3.68. The third kappa shape index (κ3) is 3.06. The highest BCUT2D eigenvalue weighted by molar-refractivity contribution is 7.89. The summed E-state index contributed by atoms with van der Waals surface area (Å²) in [7, 11) is -3.61. The van der Waals surface area contributed by atoms with Gasteiger partial charge in [-0.3, -0.25) is 0 Å². The Kier molecular flexibility index (Phi) is 4.19. The van der Waals surface area contributed by atoms with Gasteiger partial charge in [0.25, 0.3) is 0 Å². The third-order valence-electron chi connectivity index (χ3n) is 5.31. The number of H-pyrrole nitrogens is 1. The van der Waals surface area contributed by atoms with Crippen molar-refractivity contribution in [2.75, 3.05) is 0 Å². The van der Waals surface area contributed by atoms with Crippen molar-refractivity contribution in [3.63, 3.8) is 0 Å². The maximum Gasteiger partial charge on any atom is 0.335 e. The Hall–Kier alpha value is -3.49. The number of carbonyl (C=O) groups is 1. The lowest BCUT2D eigenvalue weighted by atomic mass is 10.1. The van der Waals surface area contributed by atoms with Crippen LogP contribution in [0.25, 0.3) is 22.4 Å². The third-order valence-corrected chi connectivity index (χ3v) is 7.11. The molecule has 0 aliphatic carbocycles. The smallest absolute Gasteiger partial charge is 0.335 e. The number of benzene rings is 3. The Morgan fingerprint density at radius 1 is 0.967 bits per heavy atom. The molecule has 0 bridgehead atoms. The van der Waals surface area contributed by atoms with Crippen molar-refractivity contribution < 1.29 is 18.3 Å². The Morgan fingerprint density at radius 3 is 2.27 bits per heavy atom. The Morgan fingerprint density at radius 2 is 1.63 bits per heavy atom. The molecule has 2 heterocycles. The number of aromatic nitrogens is 2. The summed E-state index contributed by atoms with van der Waals surface area (Å²) in [6.07, 6.45) is 0. The van der Waals surface area contributed by atoms with Crippen LogP contribution in [0, 0.1) is 0 Å². The number of carboxylic acids is 1. The van der Waals surface area contributed by atoms with Gasteiger partial charge in [-0.25, -0.2) is 18.2 Å². The second kappa shape index (κ2) is 6.79. The van der Waals surface area contributed by atoms with E-state index in [9.17, 15) is 13.2 Å². The number of sulfonamides is 1. The first-order valence-corrected chi connectivity index (χ1v) is 10.8. The number of fused-ring (bicyclic) bond motifs is 2. The van der Waals surface area contributed by atoms with Crippen LogP contribution in [0.2, 0.25) is 0 Å². The second-order valence-electron chi connectivity index (χ2n) is 7.19. The molecule has 0 radical (unpaired) electrons. The summed E-state index contributed by atoms with van der Waals surface area (Å²) in [5.41, 5.74) is 4.18. The van der Waals surface area contributed by atoms with E-state index in [-0.39, 0.29) is 10.5 Å². The molecule has 0 fully saturated rings. The van der Waals surface area contributed by atoms with Gasteiger partial charge in [0.05, 0.1) is 21.5 Å². The number of nitrogens with one attached hydrogen (secondary N) is 1. The number of hydrogen-bond acceptors (Lipinski definition) is 4. The quantitative estimate of drug-likeness (QED) is 0.526. The number of carboxylic acid groups (broad SMARTS) is 1. The van der Waals surface area contributed by atoms with E-state index >= 15 is 0 Å². The summed E-state index contributed by atoms with van der Waals surface area (Å²) in [6, 6.07) is 18.9. The standard InChI is InChI=1S/C22H17N3O4S/c26-22(27)15-7-10-19-20(11-15)24-21(23-19)14-5-8-18(9-6-14)30(28,29)25-12-16-3-1-2-4-17(16)13-25/h1-11H,12-13H2,(H,23,24)(H,26,27). The maximum absolute atomic E-state index is 13.0. The topological polar surface area (TPSA) is 103 Å². The van der Waals surface area contributed by atoms with Crippen LogP contribution in [0.3, 0.4) is 0 Å². The summed E-state index contributed by atoms with van der Waals surface area (Å²) in [6.45, 7) is 0.742. The van der Waals surface area contributed by atoms with Gasteiger partial charge in [0.2, 0.25) is 10.0 Å². The van der Waals surface area contributed by atoms with E-state index in [2.05, 4.69) is 9.97 Å². The Bertz CT molecular complexity index is 1370. The van der Waals surface area contributed by atoms with Crippen LogP contribution in [-0.2, 0) is 23.1 Å². The zero-order chi connectivity index (χ0) is 20.9. The number of aromatic amines is 1. The van der Waals surface area contributed by atoms with Crippen LogP contribution in [0.15, 0.2) is 71.6 Å². The van der Waals surface area contributed by atoms with E-state index < -0.39 is 16.0 Å². The summed E-state index contributed by atoms with van der Waals surface area (Å²) in [5.74, 6) is -0.467. The SMILES string of the molecule is O=C(O)c1ccc2[nH]c(-c3ccc(S(=O)(=O)N4Cc5ccccc5C4)cc3)nc2c1. The molecule has 0 amide bonds. The molecule has 1 aliphatic rings. The summed E-state index contributed by atoms with van der Waals surface area (Å²) in [5, 5.41) is 9.12. The summed E-state index contributed by atoms with van der Waals surface area (Å²) >= 11 is 0. The van der Waals surface area contributed by atoms with Crippen LogP contribution in [-0.4, -0.2) is 33.8 Å². The predicted octanol–water partition coefficient (Wildman–Crippen LogP) is 3.63. The highest BCUT2D eigenvalue weighted by Gasteiger charge is 2.30. The molecule has 5 rings (SSSR count). The van der Waals surface area contributed by atoms with Crippen molar-refractivity contribution in [1.82, 2.24) is 14.3 Å². The summed E-state index contributed by atoms with van der Waals surface area (Å²) < 4.78 is 27.6. The lowest BCUT2D eigenvalue weighted by molar-refractivity contribution is 0.0697. The van der Waals surface area contributed by atoms with Crippen molar-refractivity contribution >= 4 is 27.0 Å². The molecule has 2 N–H and O–H groups in total. The first-order valence-electron chi connectivity index (χ1n) is 9.32. The molecule has 1 aromatic heterocycles. The van der Waals surface area contributed by atoms with Gasteiger partial charge < -0.3 is 10.1 Å². The molecule has 0 saturated heterocycles. The number of hydrogen-bond donors (Lipinski definition) is 2. The molecule has 3 aromatic carbocycles. The van der Waals surface area contributed by atoms with Crippen LogP contribution < -0.4 is 0 Å². The van der Waals surface area contributed by atoms with Crippen LogP contribution in [0.1, 0.15) is 21.5 Å². The lowest BCUT2D eigenvalue weighted by Gasteiger charge is -2.15. The highest BCUT2D eigenvalue weighted by Crippen LogP contribution is 2.29. The first-order chi connectivity index (χ1) is 14.4. The van der Waals surface area contributed by atoms with E-state index in [4.69, 9.17) is 5.11 Å². The molecule has 7 nitrogen and oxygen atoms in total. The highest BCUT2D eigenvalue weighted by atomic mass is 32.2. The molecule has 0 atom stereocenters. The van der Waals surface area contributed by atoms with E-state index in [0.29, 0.717) is 35.5 Å². The van der Waals surface area contributed by atoms with Gasteiger partial charge in [-0.1, -0.05) is 24.3 Å². The number of nitrogens with zero attached hydrogens (tertiary/aromatic N) is 2. The molecule has 4 aromatic rings. The predicted molar refractivity (Wildman–Crippen MR) is 111 cm³/mol. The molecule has 0 spiro atoms. The van der Waals surface area contributed by atoms with Gasteiger partial charge in [-0.15, -0.1) is 0 Å². The number of imidazole rings is 1. The Balaban J connectivity index is 1.43. The first kappa shape index (κ1) is 18.5. The number of aromatic carboxylic acids is 1. The van der Waals surface area contributed by atoms with Gasteiger partial charge >= 0.3 is 5.97 Å². The van der Waals surface area contributed by atoms with Gasteiger partial charge in [0.15, 0.2) is 0 Å². The largest absolute Gasteiger partial charge is 0.478 e. The maximum atomic E-state index is 13.0.